The summed E-state index contributed by atoms with van der Waals surface area (Å²) in [6.07, 6.45) is 1.84. The topological polar surface area (TPSA) is 50.9 Å². The molecule has 1 N–H and O–H groups in total. The first-order valence-corrected chi connectivity index (χ1v) is 19.1. The Hall–Kier alpha value is -6.26. The summed E-state index contributed by atoms with van der Waals surface area (Å²) in [4.78, 5) is 10.2. The standard InChI is InChI=1S/C52H49N3O/c1-32(2)36-17-19-38(20-18-36)40-23-24-53-46(31-40)42-28-41(29-43(30-42)52(6,7)8)44-15-12-16-48-49(44)54-51(45-26-33(3)25-35(5)50(45)56)55(48)47-22-21-39(27-34(47)4)37-13-10-9-11-14-37/h9-32,56H,1-8H3/i4D3,32D. The van der Waals surface area contributed by atoms with Crippen molar-refractivity contribution in [1.82, 2.24) is 14.5 Å². The molecule has 0 aliphatic heterocycles. The lowest BCUT2D eigenvalue weighted by Crippen LogP contribution is -2.11. The van der Waals surface area contributed by atoms with Crippen molar-refractivity contribution in [3.8, 4) is 67.5 Å². The first kappa shape index (κ1) is 32.0. The van der Waals surface area contributed by atoms with Crippen molar-refractivity contribution in [3.63, 3.8) is 0 Å². The Morgan fingerprint density at radius 3 is 2.11 bits per heavy atom. The predicted octanol–water partition coefficient (Wildman–Crippen LogP) is 13.8. The molecule has 2 aromatic heterocycles. The van der Waals surface area contributed by atoms with Crippen LogP contribution in [0.5, 0.6) is 5.75 Å². The molecule has 4 nitrogen and oxygen atoms in total. The Morgan fingerprint density at radius 1 is 0.661 bits per heavy atom. The number of aryl methyl sites for hydroxylation is 3. The molecule has 4 heteroatoms. The van der Waals surface area contributed by atoms with Crippen LogP contribution in [0.1, 0.15) is 73.8 Å². The number of phenols is 1. The van der Waals surface area contributed by atoms with Gasteiger partial charge in [-0.2, -0.15) is 0 Å². The van der Waals surface area contributed by atoms with Gasteiger partial charge in [-0.25, -0.2) is 4.98 Å². The van der Waals surface area contributed by atoms with E-state index in [2.05, 4.69) is 63.2 Å². The fourth-order valence-electron chi connectivity index (χ4n) is 7.56. The first-order valence-electron chi connectivity index (χ1n) is 21.1. The van der Waals surface area contributed by atoms with Crippen LogP contribution in [0.2, 0.25) is 0 Å². The van der Waals surface area contributed by atoms with Gasteiger partial charge in [-0.15, -0.1) is 0 Å². The number of aromatic nitrogens is 3. The number of imidazole rings is 1. The molecule has 0 aliphatic rings. The number of rotatable bonds is 7. The van der Waals surface area contributed by atoms with E-state index < -0.39 is 12.7 Å². The molecule has 0 aliphatic carbocycles. The van der Waals surface area contributed by atoms with Gasteiger partial charge < -0.3 is 5.11 Å². The number of phenolic OH excluding ortho intramolecular Hbond substituents is 1. The summed E-state index contributed by atoms with van der Waals surface area (Å²) in [6, 6.07) is 44.0. The van der Waals surface area contributed by atoms with Crippen molar-refractivity contribution < 1.29 is 10.6 Å². The quantitative estimate of drug-likeness (QED) is 0.177. The largest absolute Gasteiger partial charge is 0.507 e. The highest BCUT2D eigenvalue weighted by Gasteiger charge is 2.24. The molecular weight excluding hydrogens is 683 g/mol. The Bertz CT molecular complexity index is 2900. The summed E-state index contributed by atoms with van der Waals surface area (Å²) in [5.74, 6) is -0.146. The number of nitrogens with zero attached hydrogens (tertiary/aromatic N) is 3. The van der Waals surface area contributed by atoms with Crippen molar-refractivity contribution in [2.75, 3.05) is 0 Å². The maximum atomic E-state index is 11.6. The minimum atomic E-state index is -2.46. The van der Waals surface area contributed by atoms with Crippen molar-refractivity contribution in [2.45, 2.75) is 66.6 Å². The van der Waals surface area contributed by atoms with Gasteiger partial charge in [0.25, 0.3) is 0 Å². The highest BCUT2D eigenvalue weighted by molar-refractivity contribution is 5.97. The summed E-state index contributed by atoms with van der Waals surface area (Å²) in [5.41, 5.74) is 13.4. The lowest BCUT2D eigenvalue weighted by molar-refractivity contribution is 0.472. The fourth-order valence-corrected chi connectivity index (χ4v) is 7.56. The predicted molar refractivity (Wildman–Crippen MR) is 235 cm³/mol. The van der Waals surface area contributed by atoms with Gasteiger partial charge in [0, 0.05) is 22.8 Å². The average molecular weight is 736 g/mol. The van der Waals surface area contributed by atoms with E-state index in [0.717, 1.165) is 61.3 Å². The monoisotopic (exact) mass is 735 g/mol. The van der Waals surface area contributed by atoms with Gasteiger partial charge in [-0.3, -0.25) is 9.55 Å². The van der Waals surface area contributed by atoms with E-state index in [0.29, 0.717) is 33.7 Å². The van der Waals surface area contributed by atoms with Gasteiger partial charge >= 0.3 is 0 Å². The van der Waals surface area contributed by atoms with Gasteiger partial charge in [0.1, 0.15) is 11.6 Å². The molecule has 0 radical (unpaired) electrons. The number of aromatic hydroxyl groups is 1. The molecule has 0 saturated carbocycles. The third kappa shape index (κ3) is 6.92. The summed E-state index contributed by atoms with van der Waals surface area (Å²) in [7, 11) is 0. The molecule has 2 heterocycles. The molecule has 8 aromatic rings. The zero-order valence-electron chi connectivity index (χ0n) is 37.1. The third-order valence-electron chi connectivity index (χ3n) is 10.7. The minimum Gasteiger partial charge on any atom is -0.507 e. The van der Waals surface area contributed by atoms with E-state index >= 15 is 0 Å². The molecule has 8 rings (SSSR count). The van der Waals surface area contributed by atoms with E-state index in [-0.39, 0.29) is 16.7 Å². The highest BCUT2D eigenvalue weighted by atomic mass is 16.3. The normalized spacial score (nSPS) is 13.3. The van der Waals surface area contributed by atoms with Crippen LogP contribution in [0.3, 0.4) is 0 Å². The molecule has 278 valence electrons. The number of para-hydroxylation sites is 1. The second kappa shape index (κ2) is 14.4. The summed E-state index contributed by atoms with van der Waals surface area (Å²) in [6.45, 7) is 11.7. The lowest BCUT2D eigenvalue weighted by atomic mass is 9.83. The van der Waals surface area contributed by atoms with Crippen LogP contribution in [0.25, 0.3) is 72.7 Å². The molecular formula is C52H49N3O. The second-order valence-electron chi connectivity index (χ2n) is 16.1. The molecule has 0 amide bonds. The van der Waals surface area contributed by atoms with Gasteiger partial charge in [0.2, 0.25) is 0 Å². The van der Waals surface area contributed by atoms with E-state index in [4.69, 9.17) is 15.5 Å². The number of pyridine rings is 1. The van der Waals surface area contributed by atoms with Crippen molar-refractivity contribution in [3.05, 3.63) is 167 Å². The summed E-state index contributed by atoms with van der Waals surface area (Å²) < 4.78 is 36.7. The smallest absolute Gasteiger partial charge is 0.149 e. The van der Waals surface area contributed by atoms with Gasteiger partial charge in [0.15, 0.2) is 0 Å². The first-order chi connectivity index (χ1) is 28.4. The van der Waals surface area contributed by atoms with E-state index in [9.17, 15) is 5.11 Å². The second-order valence-corrected chi connectivity index (χ2v) is 16.1. The van der Waals surface area contributed by atoms with Crippen LogP contribution in [0.4, 0.5) is 0 Å². The zero-order valence-corrected chi connectivity index (χ0v) is 33.1. The molecule has 0 atom stereocenters. The van der Waals surface area contributed by atoms with E-state index in [1.807, 2.05) is 123 Å². The average Bonchev–Trinajstić information content (AvgIpc) is 3.61. The Morgan fingerprint density at radius 2 is 1.38 bits per heavy atom. The van der Waals surface area contributed by atoms with Crippen LogP contribution in [-0.4, -0.2) is 19.6 Å². The Labute approximate surface area is 336 Å². The number of benzene rings is 6. The fraction of sp³-hybridized carbons (Fsp3) is 0.192. The Kier molecular flexibility index (Phi) is 8.25. The van der Waals surface area contributed by atoms with Gasteiger partial charge in [-0.05, 0) is 136 Å². The van der Waals surface area contributed by atoms with Gasteiger partial charge in [0.05, 0.1) is 28.0 Å². The van der Waals surface area contributed by atoms with Crippen molar-refractivity contribution in [2.24, 2.45) is 0 Å². The summed E-state index contributed by atoms with van der Waals surface area (Å²) >= 11 is 0. The maximum Gasteiger partial charge on any atom is 0.149 e. The number of hydrogen-bond acceptors (Lipinski definition) is 3. The molecule has 56 heavy (non-hydrogen) atoms. The van der Waals surface area contributed by atoms with Crippen molar-refractivity contribution >= 4 is 11.0 Å². The third-order valence-corrected chi connectivity index (χ3v) is 10.7. The van der Waals surface area contributed by atoms with Crippen molar-refractivity contribution in [1.29, 1.82) is 0 Å². The van der Waals surface area contributed by atoms with E-state index in [1.165, 1.54) is 0 Å². The Balaban J connectivity index is 1.36. The zero-order chi connectivity index (χ0) is 42.7. The minimum absolute atomic E-state index is 0.0936. The SMILES string of the molecule is [2H]C([2H])([2H])c1cc(-c2ccccc2)ccc1-n1c(-c2cc(C)cc(C)c2O)nc2c(-c3cc(-c4cc(-c5ccc(C([2H])(C)C)cc5)ccn4)cc(C(C)(C)C)c3)cccc21. The van der Waals surface area contributed by atoms with Crippen LogP contribution < -0.4 is 0 Å². The van der Waals surface area contributed by atoms with Gasteiger partial charge in [-0.1, -0.05) is 120 Å². The number of hydrogen-bond donors (Lipinski definition) is 1. The molecule has 0 saturated heterocycles. The molecule has 0 spiro atoms. The van der Waals surface area contributed by atoms with Crippen LogP contribution in [0, 0.1) is 20.7 Å². The lowest BCUT2D eigenvalue weighted by Gasteiger charge is -2.22. The molecule has 6 aromatic carbocycles. The molecule has 0 unspecified atom stereocenters. The molecule has 0 bridgehead atoms. The highest BCUT2D eigenvalue weighted by Crippen LogP contribution is 2.42. The van der Waals surface area contributed by atoms with Crippen LogP contribution >= 0.6 is 0 Å². The van der Waals surface area contributed by atoms with Crippen LogP contribution in [0.15, 0.2) is 140 Å². The number of fused-ring (bicyclic) bond motifs is 1. The maximum absolute atomic E-state index is 11.6. The van der Waals surface area contributed by atoms with E-state index in [1.54, 1.807) is 6.07 Å². The van der Waals surface area contributed by atoms with Crippen LogP contribution in [-0.2, 0) is 5.41 Å². The molecule has 0 fully saturated rings. The summed E-state index contributed by atoms with van der Waals surface area (Å²) in [5, 5.41) is 11.6.